The van der Waals surface area contributed by atoms with E-state index in [0.717, 1.165) is 17.3 Å². The van der Waals surface area contributed by atoms with E-state index in [1.807, 2.05) is 42.7 Å². The molecule has 1 N–H and O–H groups in total. The average molecular weight is 486 g/mol. The van der Waals surface area contributed by atoms with Crippen LogP contribution in [0.25, 0.3) is 11.4 Å². The molecule has 0 aliphatic carbocycles. The summed E-state index contributed by atoms with van der Waals surface area (Å²) in [6, 6.07) is 8.08. The van der Waals surface area contributed by atoms with Gasteiger partial charge in [0.15, 0.2) is 16.8 Å². The molecule has 0 unspecified atom stereocenters. The van der Waals surface area contributed by atoms with E-state index in [9.17, 15) is 18.0 Å². The van der Waals surface area contributed by atoms with E-state index >= 15 is 0 Å². The number of amides is 1. The second-order valence-electron chi connectivity index (χ2n) is 6.89. The van der Waals surface area contributed by atoms with E-state index in [1.165, 1.54) is 0 Å². The number of alkyl halides is 3. The van der Waals surface area contributed by atoms with Crippen LogP contribution in [0.15, 0.2) is 41.7 Å². The molecule has 3 rings (SSSR count). The van der Waals surface area contributed by atoms with Crippen LogP contribution in [0.1, 0.15) is 25.5 Å². The third-order valence-corrected chi connectivity index (χ3v) is 5.52. The van der Waals surface area contributed by atoms with Gasteiger partial charge in [-0.1, -0.05) is 23.4 Å². The maximum absolute atomic E-state index is 12.7. The van der Waals surface area contributed by atoms with Gasteiger partial charge in [0.2, 0.25) is 5.91 Å². The zero-order chi connectivity index (χ0) is 23.5. The number of hydrogen-bond donors (Lipinski definition) is 1. The fraction of sp³-hybridized carbons (Fsp3) is 0.300. The minimum atomic E-state index is -4.57. The Labute approximate surface area is 191 Å². The van der Waals surface area contributed by atoms with Crippen molar-refractivity contribution in [2.45, 2.75) is 31.2 Å². The van der Waals surface area contributed by atoms with Gasteiger partial charge >= 0.3 is 6.18 Å². The summed E-state index contributed by atoms with van der Waals surface area (Å²) in [5.41, 5.74) is -0.157. The predicted octanol–water partition coefficient (Wildman–Crippen LogP) is 5.33. The Morgan fingerprint density at radius 1 is 1.25 bits per heavy atom. The molecule has 0 saturated carbocycles. The summed E-state index contributed by atoms with van der Waals surface area (Å²) >= 11 is 6.98. The molecule has 0 bridgehead atoms. The maximum Gasteiger partial charge on any atom is 0.417 e. The van der Waals surface area contributed by atoms with Crippen LogP contribution >= 0.6 is 23.4 Å². The largest absolute Gasteiger partial charge is 0.497 e. The van der Waals surface area contributed by atoms with Crippen LogP contribution in [-0.2, 0) is 11.0 Å². The van der Waals surface area contributed by atoms with E-state index in [2.05, 4.69) is 20.5 Å². The summed E-state index contributed by atoms with van der Waals surface area (Å²) < 4.78 is 45.2. The Morgan fingerprint density at radius 3 is 2.50 bits per heavy atom. The number of pyridine rings is 1. The molecule has 12 heteroatoms. The maximum atomic E-state index is 12.7. The quantitative estimate of drug-likeness (QED) is 0.455. The molecule has 0 saturated heterocycles. The Bertz CT molecular complexity index is 1100. The van der Waals surface area contributed by atoms with Crippen molar-refractivity contribution in [3.05, 3.63) is 47.1 Å². The number of anilines is 1. The first-order valence-electron chi connectivity index (χ1n) is 9.35. The van der Waals surface area contributed by atoms with Crippen LogP contribution in [0.4, 0.5) is 19.0 Å². The third-order valence-electron chi connectivity index (χ3n) is 4.29. The highest BCUT2D eigenvalue weighted by atomic mass is 35.5. The van der Waals surface area contributed by atoms with Crippen molar-refractivity contribution in [1.29, 1.82) is 0 Å². The minimum Gasteiger partial charge on any atom is -0.497 e. The van der Waals surface area contributed by atoms with E-state index < -0.39 is 17.6 Å². The number of methoxy groups -OCH3 is 1. The normalized spacial score (nSPS) is 11.6. The van der Waals surface area contributed by atoms with Gasteiger partial charge in [0.25, 0.3) is 0 Å². The van der Waals surface area contributed by atoms with Crippen molar-refractivity contribution in [1.82, 2.24) is 19.7 Å². The topological polar surface area (TPSA) is 81.9 Å². The monoisotopic (exact) mass is 485 g/mol. The highest BCUT2D eigenvalue weighted by Crippen LogP contribution is 2.33. The molecule has 170 valence electrons. The standard InChI is InChI=1S/C20H19ClF3N5O2S/c1-11(2)29-18(12-4-6-14(31-3)7-5-12)27-28-19(29)32-10-16(30)26-17-15(21)8-13(9-25-17)20(22,23)24/h4-9,11H,10H2,1-3H3,(H,25,26,30). The third kappa shape index (κ3) is 5.52. The lowest BCUT2D eigenvalue weighted by molar-refractivity contribution is -0.137. The van der Waals surface area contributed by atoms with E-state index in [1.54, 1.807) is 7.11 Å². The van der Waals surface area contributed by atoms with Gasteiger partial charge in [-0.2, -0.15) is 13.2 Å². The van der Waals surface area contributed by atoms with Crippen LogP contribution in [0.5, 0.6) is 5.75 Å². The van der Waals surface area contributed by atoms with Crippen molar-refractivity contribution < 1.29 is 22.7 Å². The molecule has 7 nitrogen and oxygen atoms in total. The van der Waals surface area contributed by atoms with Gasteiger partial charge < -0.3 is 10.1 Å². The SMILES string of the molecule is COc1ccc(-c2nnc(SCC(=O)Nc3ncc(C(F)(F)F)cc3Cl)n2C(C)C)cc1. The molecule has 3 aromatic rings. The second kappa shape index (κ2) is 9.78. The first-order valence-corrected chi connectivity index (χ1v) is 10.7. The number of carbonyl (C=O) groups excluding carboxylic acids is 1. The zero-order valence-corrected chi connectivity index (χ0v) is 18.8. The van der Waals surface area contributed by atoms with Crippen LogP contribution in [0.2, 0.25) is 5.02 Å². The summed E-state index contributed by atoms with van der Waals surface area (Å²) in [6.07, 6.45) is -3.96. The molecule has 0 atom stereocenters. The van der Waals surface area contributed by atoms with Crippen molar-refractivity contribution in [3.63, 3.8) is 0 Å². The van der Waals surface area contributed by atoms with Crippen molar-refractivity contribution in [2.24, 2.45) is 0 Å². The molecule has 0 radical (unpaired) electrons. The number of rotatable bonds is 7. The van der Waals surface area contributed by atoms with Gasteiger partial charge in [-0.3, -0.25) is 9.36 Å². The van der Waals surface area contributed by atoms with Gasteiger partial charge in [-0.25, -0.2) is 4.98 Å². The van der Waals surface area contributed by atoms with Crippen LogP contribution in [0, 0.1) is 0 Å². The van der Waals surface area contributed by atoms with Crippen molar-refractivity contribution >= 4 is 35.1 Å². The molecule has 32 heavy (non-hydrogen) atoms. The first kappa shape index (κ1) is 23.9. The molecule has 2 aromatic heterocycles. The van der Waals surface area contributed by atoms with Gasteiger partial charge in [0, 0.05) is 17.8 Å². The zero-order valence-electron chi connectivity index (χ0n) is 17.3. The van der Waals surface area contributed by atoms with E-state index in [0.29, 0.717) is 29.0 Å². The smallest absolute Gasteiger partial charge is 0.417 e. The lowest BCUT2D eigenvalue weighted by Crippen LogP contribution is -2.17. The highest BCUT2D eigenvalue weighted by molar-refractivity contribution is 7.99. The van der Waals surface area contributed by atoms with E-state index in [4.69, 9.17) is 16.3 Å². The molecular formula is C20H19ClF3N5O2S. The highest BCUT2D eigenvalue weighted by Gasteiger charge is 2.31. The molecule has 0 fully saturated rings. The Morgan fingerprint density at radius 2 is 1.94 bits per heavy atom. The second-order valence-corrected chi connectivity index (χ2v) is 8.24. The fourth-order valence-electron chi connectivity index (χ4n) is 2.76. The van der Waals surface area contributed by atoms with Gasteiger partial charge in [-0.15, -0.1) is 10.2 Å². The fourth-order valence-corrected chi connectivity index (χ4v) is 3.84. The molecule has 1 aromatic carbocycles. The number of carbonyl (C=O) groups is 1. The number of benzene rings is 1. The Balaban J connectivity index is 1.71. The summed E-state index contributed by atoms with van der Waals surface area (Å²) in [4.78, 5) is 15.9. The molecule has 0 spiro atoms. The molecule has 0 aliphatic rings. The summed E-state index contributed by atoms with van der Waals surface area (Å²) in [7, 11) is 1.58. The minimum absolute atomic E-state index is 0.0127. The van der Waals surface area contributed by atoms with Gasteiger partial charge in [-0.05, 0) is 44.2 Å². The Kier molecular flexibility index (Phi) is 7.29. The number of thioether (sulfide) groups is 1. The summed E-state index contributed by atoms with van der Waals surface area (Å²) in [6.45, 7) is 3.93. The molecule has 1 amide bonds. The summed E-state index contributed by atoms with van der Waals surface area (Å²) in [5, 5.41) is 11.1. The number of halogens is 4. The average Bonchev–Trinajstić information content (AvgIpc) is 3.17. The number of nitrogens with zero attached hydrogens (tertiary/aromatic N) is 4. The predicted molar refractivity (Wildman–Crippen MR) is 116 cm³/mol. The number of aromatic nitrogens is 4. The lowest BCUT2D eigenvalue weighted by Gasteiger charge is -2.14. The first-order chi connectivity index (χ1) is 15.1. The van der Waals surface area contributed by atoms with Crippen molar-refractivity contribution in [2.75, 3.05) is 18.2 Å². The van der Waals surface area contributed by atoms with E-state index in [-0.39, 0.29) is 22.6 Å². The summed E-state index contributed by atoms with van der Waals surface area (Å²) in [5.74, 6) is 0.652. The van der Waals surface area contributed by atoms with Gasteiger partial charge in [0.05, 0.1) is 23.4 Å². The lowest BCUT2D eigenvalue weighted by atomic mass is 10.2. The molecule has 2 heterocycles. The van der Waals surface area contributed by atoms with Crippen LogP contribution in [-0.4, -0.2) is 38.5 Å². The number of hydrogen-bond acceptors (Lipinski definition) is 6. The molecular weight excluding hydrogens is 467 g/mol. The number of nitrogens with one attached hydrogen (secondary N) is 1. The van der Waals surface area contributed by atoms with Crippen LogP contribution < -0.4 is 10.1 Å². The Hall–Kier alpha value is -2.79. The molecule has 0 aliphatic heterocycles. The van der Waals surface area contributed by atoms with Crippen molar-refractivity contribution in [3.8, 4) is 17.1 Å². The number of ether oxygens (including phenoxy) is 1. The van der Waals surface area contributed by atoms with Crippen LogP contribution in [0.3, 0.4) is 0 Å². The van der Waals surface area contributed by atoms with Gasteiger partial charge in [0.1, 0.15) is 5.75 Å².